The van der Waals surface area contributed by atoms with E-state index in [9.17, 15) is 21.6 Å². The van der Waals surface area contributed by atoms with Crippen molar-refractivity contribution >= 4 is 10.0 Å². The second-order valence-corrected chi connectivity index (χ2v) is 7.53. The lowest BCUT2D eigenvalue weighted by molar-refractivity contribution is -0.139. The van der Waals surface area contributed by atoms with Crippen molar-refractivity contribution in [2.24, 2.45) is 0 Å². The number of aromatic nitrogens is 4. The summed E-state index contributed by atoms with van der Waals surface area (Å²) in [5.41, 5.74) is -1.21. The zero-order chi connectivity index (χ0) is 18.1. The molecule has 1 aliphatic carbocycles. The monoisotopic (exact) mass is 375 g/mol. The molecule has 0 bridgehead atoms. The lowest BCUT2D eigenvalue weighted by Gasteiger charge is -2.14. The van der Waals surface area contributed by atoms with Crippen LogP contribution in [-0.2, 0) is 22.7 Å². The third-order valence-electron chi connectivity index (χ3n) is 4.13. The first kappa shape index (κ1) is 17.8. The molecule has 0 saturated heterocycles. The summed E-state index contributed by atoms with van der Waals surface area (Å²) >= 11 is 0. The van der Waals surface area contributed by atoms with E-state index in [-0.39, 0.29) is 18.4 Å². The number of hydrogen-bond donors (Lipinski definition) is 1. The summed E-state index contributed by atoms with van der Waals surface area (Å²) in [6.07, 6.45) is -0.913. The van der Waals surface area contributed by atoms with Gasteiger partial charge in [0.1, 0.15) is 0 Å². The first-order valence-electron chi connectivity index (χ1n) is 7.71. The lowest BCUT2D eigenvalue weighted by atomic mass is 10.2. The van der Waals surface area contributed by atoms with Gasteiger partial charge in [-0.15, -0.1) is 5.10 Å². The highest BCUT2D eigenvalue weighted by molar-refractivity contribution is 7.89. The van der Waals surface area contributed by atoms with Gasteiger partial charge in [0.25, 0.3) is 0 Å². The number of alkyl halides is 3. The summed E-state index contributed by atoms with van der Waals surface area (Å²) in [4.78, 5) is -0.817. The van der Waals surface area contributed by atoms with E-state index in [0.29, 0.717) is 0 Å². The standard InChI is InChI=1S/C14H16F3N5O2S/c15-14(16,17)11-7-3-4-8-12(11)25(23,24)18-9-13-19-20-21-22(13)10-5-1-2-6-10/h3-4,7-8,10,18H,1-2,5-6,9H2. The molecule has 3 rings (SSSR count). The molecule has 1 fully saturated rings. The fraction of sp³-hybridized carbons (Fsp3) is 0.500. The molecular formula is C14H16F3N5O2S. The molecule has 1 N–H and O–H groups in total. The lowest BCUT2D eigenvalue weighted by Crippen LogP contribution is -2.28. The van der Waals surface area contributed by atoms with Crippen molar-refractivity contribution in [1.82, 2.24) is 24.9 Å². The van der Waals surface area contributed by atoms with E-state index in [4.69, 9.17) is 0 Å². The number of nitrogens with zero attached hydrogens (tertiary/aromatic N) is 4. The van der Waals surface area contributed by atoms with E-state index in [1.165, 1.54) is 6.07 Å². The maximum absolute atomic E-state index is 13.0. The highest BCUT2D eigenvalue weighted by Gasteiger charge is 2.37. The average Bonchev–Trinajstić information content (AvgIpc) is 3.23. The van der Waals surface area contributed by atoms with Gasteiger partial charge >= 0.3 is 6.18 Å². The molecule has 0 unspecified atom stereocenters. The fourth-order valence-corrected chi connectivity index (χ4v) is 4.14. The van der Waals surface area contributed by atoms with E-state index in [2.05, 4.69) is 20.2 Å². The van der Waals surface area contributed by atoms with E-state index in [0.717, 1.165) is 43.9 Å². The first-order valence-corrected chi connectivity index (χ1v) is 9.20. The van der Waals surface area contributed by atoms with Crippen LogP contribution in [0.15, 0.2) is 29.2 Å². The molecule has 0 atom stereocenters. The summed E-state index contributed by atoms with van der Waals surface area (Å²) in [6.45, 7) is -0.280. The Morgan fingerprint density at radius 1 is 1.20 bits per heavy atom. The van der Waals surface area contributed by atoms with Crippen LogP contribution in [0.2, 0.25) is 0 Å². The van der Waals surface area contributed by atoms with Crippen LogP contribution in [0, 0.1) is 0 Å². The Bertz CT molecular complexity index is 844. The summed E-state index contributed by atoms with van der Waals surface area (Å²) < 4.78 is 67.5. The molecular weight excluding hydrogens is 359 g/mol. The summed E-state index contributed by atoms with van der Waals surface area (Å²) in [6, 6.07) is 4.13. The Labute approximate surface area is 142 Å². The number of sulfonamides is 1. The quantitative estimate of drug-likeness (QED) is 0.866. The summed E-state index contributed by atoms with van der Waals surface area (Å²) in [7, 11) is -4.37. The van der Waals surface area contributed by atoms with E-state index < -0.39 is 26.7 Å². The number of rotatable bonds is 5. The Kier molecular flexibility index (Phi) is 4.78. The van der Waals surface area contributed by atoms with Crippen LogP contribution in [0.1, 0.15) is 43.1 Å². The molecule has 2 aromatic rings. The van der Waals surface area contributed by atoms with Gasteiger partial charge in [0.2, 0.25) is 10.0 Å². The largest absolute Gasteiger partial charge is 0.417 e. The molecule has 1 aromatic carbocycles. The van der Waals surface area contributed by atoms with Crippen LogP contribution in [0.25, 0.3) is 0 Å². The predicted octanol–water partition coefficient (Wildman–Crippen LogP) is 2.29. The van der Waals surface area contributed by atoms with Crippen molar-refractivity contribution in [2.75, 3.05) is 0 Å². The van der Waals surface area contributed by atoms with Gasteiger partial charge in [-0.25, -0.2) is 17.8 Å². The predicted molar refractivity (Wildman–Crippen MR) is 80.8 cm³/mol. The molecule has 0 aliphatic heterocycles. The van der Waals surface area contributed by atoms with Crippen molar-refractivity contribution in [3.63, 3.8) is 0 Å². The normalized spacial score (nSPS) is 16.4. The third-order valence-corrected chi connectivity index (χ3v) is 5.59. The molecule has 136 valence electrons. The van der Waals surface area contributed by atoms with E-state index in [1.807, 2.05) is 0 Å². The maximum Gasteiger partial charge on any atom is 0.417 e. The van der Waals surface area contributed by atoms with Gasteiger partial charge in [0.05, 0.1) is 23.0 Å². The van der Waals surface area contributed by atoms with Crippen molar-refractivity contribution in [1.29, 1.82) is 0 Å². The van der Waals surface area contributed by atoms with Crippen LogP contribution in [-0.4, -0.2) is 28.6 Å². The number of benzene rings is 1. The van der Waals surface area contributed by atoms with Gasteiger partial charge in [-0.2, -0.15) is 13.2 Å². The van der Waals surface area contributed by atoms with E-state index >= 15 is 0 Å². The number of halogens is 3. The molecule has 11 heteroatoms. The highest BCUT2D eigenvalue weighted by Crippen LogP contribution is 2.34. The van der Waals surface area contributed by atoms with Crippen LogP contribution in [0.5, 0.6) is 0 Å². The molecule has 1 saturated carbocycles. The maximum atomic E-state index is 13.0. The van der Waals surface area contributed by atoms with Gasteiger partial charge in [-0.1, -0.05) is 25.0 Å². The molecule has 0 radical (unpaired) electrons. The fourth-order valence-electron chi connectivity index (χ4n) is 2.93. The molecule has 25 heavy (non-hydrogen) atoms. The smallest absolute Gasteiger partial charge is 0.225 e. The Morgan fingerprint density at radius 3 is 2.56 bits per heavy atom. The third kappa shape index (κ3) is 3.82. The van der Waals surface area contributed by atoms with Crippen molar-refractivity contribution in [3.05, 3.63) is 35.7 Å². The van der Waals surface area contributed by atoms with Gasteiger partial charge in [0, 0.05) is 0 Å². The minimum Gasteiger partial charge on any atom is -0.225 e. The Balaban J connectivity index is 1.81. The first-order chi connectivity index (χ1) is 11.8. The molecule has 0 amide bonds. The van der Waals surface area contributed by atoms with Crippen LogP contribution >= 0.6 is 0 Å². The van der Waals surface area contributed by atoms with Gasteiger partial charge in [0.15, 0.2) is 5.82 Å². The van der Waals surface area contributed by atoms with Crippen LogP contribution in [0.4, 0.5) is 13.2 Å². The van der Waals surface area contributed by atoms with Crippen molar-refractivity contribution in [2.45, 2.75) is 49.3 Å². The second kappa shape index (κ2) is 6.71. The SMILES string of the molecule is O=S(=O)(NCc1nnnn1C1CCCC1)c1ccccc1C(F)(F)F. The Morgan fingerprint density at radius 2 is 1.88 bits per heavy atom. The average molecular weight is 375 g/mol. The zero-order valence-corrected chi connectivity index (χ0v) is 13.9. The van der Waals surface area contributed by atoms with E-state index in [1.54, 1.807) is 4.68 Å². The molecule has 0 spiro atoms. The van der Waals surface area contributed by atoms with Gasteiger partial charge in [-0.3, -0.25) is 0 Å². The number of tetrazole rings is 1. The minimum absolute atomic E-state index is 0.0944. The summed E-state index contributed by atoms with van der Waals surface area (Å²) in [5, 5.41) is 11.2. The van der Waals surface area contributed by atoms with Crippen molar-refractivity contribution in [3.8, 4) is 0 Å². The highest BCUT2D eigenvalue weighted by atomic mass is 32.2. The molecule has 7 nitrogen and oxygen atoms in total. The van der Waals surface area contributed by atoms with Crippen LogP contribution in [0.3, 0.4) is 0 Å². The molecule has 1 aliphatic rings. The van der Waals surface area contributed by atoms with Gasteiger partial charge in [-0.05, 0) is 35.4 Å². The molecule has 1 aromatic heterocycles. The number of nitrogens with one attached hydrogen (secondary N) is 1. The second-order valence-electron chi connectivity index (χ2n) is 5.80. The number of hydrogen-bond acceptors (Lipinski definition) is 5. The summed E-state index contributed by atoms with van der Waals surface area (Å²) in [5.74, 6) is 0.278. The van der Waals surface area contributed by atoms with Crippen molar-refractivity contribution < 1.29 is 21.6 Å². The molecule has 1 heterocycles. The zero-order valence-electron chi connectivity index (χ0n) is 13.1. The van der Waals surface area contributed by atoms with Crippen LogP contribution < -0.4 is 4.72 Å². The Hall–Kier alpha value is -2.01. The topological polar surface area (TPSA) is 89.8 Å². The minimum atomic E-state index is -4.77. The van der Waals surface area contributed by atoms with Gasteiger partial charge < -0.3 is 0 Å².